The molecule has 0 saturated carbocycles. The maximum atomic E-state index is 13.0. The first-order chi connectivity index (χ1) is 16.2. The van der Waals surface area contributed by atoms with E-state index in [1.165, 1.54) is 55.6 Å². The maximum Gasteiger partial charge on any atom is 0.351 e. The number of aliphatic carboxylic acids is 1. The lowest BCUT2D eigenvalue weighted by Crippen LogP contribution is -2.16. The summed E-state index contributed by atoms with van der Waals surface area (Å²) in [7, 11) is 0. The standard InChI is InChI=1S/C24H20FNO7S/c1-14(11-18-13-26-24(34-18)33-16-9-7-15(25)8-10-16)22(30)21-19(27)12-17(32-23(21)31)5-3-2-4-6-20(28)29/h4,6-13,27H,2-3,5H2,1H3,(H,28,29)/b6-4+,14-11+. The summed E-state index contributed by atoms with van der Waals surface area (Å²) in [6.07, 6.45) is 6.69. The summed E-state index contributed by atoms with van der Waals surface area (Å²) in [6.45, 7) is 1.49. The Morgan fingerprint density at radius 2 is 2.00 bits per heavy atom. The minimum atomic E-state index is -1.05. The zero-order chi connectivity index (χ0) is 24.7. The molecule has 2 aromatic heterocycles. The number of carbonyl (C=O) groups is 2. The zero-order valence-corrected chi connectivity index (χ0v) is 18.8. The van der Waals surface area contributed by atoms with E-state index in [-0.39, 0.29) is 22.9 Å². The number of thiazole rings is 1. The number of carboxylic acid groups (broad SMARTS) is 1. The number of hydrogen-bond donors (Lipinski definition) is 2. The molecule has 10 heteroatoms. The third-order valence-electron chi connectivity index (χ3n) is 4.50. The van der Waals surface area contributed by atoms with Crippen LogP contribution in [0.25, 0.3) is 6.08 Å². The van der Waals surface area contributed by atoms with Gasteiger partial charge in [-0.2, -0.15) is 0 Å². The highest BCUT2D eigenvalue weighted by molar-refractivity contribution is 7.14. The lowest BCUT2D eigenvalue weighted by Gasteiger charge is -2.05. The summed E-state index contributed by atoms with van der Waals surface area (Å²) in [6, 6.07) is 6.64. The van der Waals surface area contributed by atoms with E-state index in [2.05, 4.69) is 4.98 Å². The van der Waals surface area contributed by atoms with Gasteiger partial charge in [-0.05, 0) is 55.7 Å². The fourth-order valence-corrected chi connectivity index (χ4v) is 3.69. The lowest BCUT2D eigenvalue weighted by atomic mass is 10.0. The Hall–Kier alpha value is -4.05. The van der Waals surface area contributed by atoms with Gasteiger partial charge in [-0.3, -0.25) is 4.79 Å². The van der Waals surface area contributed by atoms with Crippen molar-refractivity contribution in [1.82, 2.24) is 4.98 Å². The Labute approximate surface area is 197 Å². The number of hydrogen-bond acceptors (Lipinski definition) is 8. The first-order valence-electron chi connectivity index (χ1n) is 10.1. The molecule has 176 valence electrons. The van der Waals surface area contributed by atoms with Crippen molar-refractivity contribution in [2.24, 2.45) is 0 Å². The zero-order valence-electron chi connectivity index (χ0n) is 18.0. The molecule has 0 unspecified atom stereocenters. The molecule has 0 spiro atoms. The van der Waals surface area contributed by atoms with E-state index in [9.17, 15) is 23.9 Å². The number of Topliss-reactive ketones (excluding diaryl/α,β-unsaturated/α-hetero) is 1. The number of benzene rings is 1. The first kappa shape index (κ1) is 24.6. The van der Waals surface area contributed by atoms with Gasteiger partial charge in [-0.25, -0.2) is 19.0 Å². The number of nitrogens with zero attached hydrogens (tertiary/aromatic N) is 1. The van der Waals surface area contributed by atoms with Gasteiger partial charge >= 0.3 is 11.6 Å². The molecule has 0 aliphatic carbocycles. The Morgan fingerprint density at radius 3 is 2.68 bits per heavy atom. The highest BCUT2D eigenvalue weighted by Crippen LogP contribution is 2.28. The fourth-order valence-electron chi connectivity index (χ4n) is 2.90. The molecular weight excluding hydrogens is 465 g/mol. The van der Waals surface area contributed by atoms with Crippen LogP contribution in [0.4, 0.5) is 4.39 Å². The number of ketones is 1. The SMILES string of the molecule is C/C(=C\c1cnc(Oc2ccc(F)cc2)s1)C(=O)c1c(O)cc(CCC/C=C/C(=O)O)oc1=O. The van der Waals surface area contributed by atoms with Gasteiger partial charge in [0.15, 0.2) is 5.78 Å². The van der Waals surface area contributed by atoms with Gasteiger partial charge in [-0.1, -0.05) is 17.4 Å². The third kappa shape index (κ3) is 6.72. The van der Waals surface area contributed by atoms with E-state index >= 15 is 0 Å². The van der Waals surface area contributed by atoms with Gasteiger partial charge in [0.1, 0.15) is 28.6 Å². The number of halogens is 1. The van der Waals surface area contributed by atoms with E-state index in [0.717, 1.165) is 17.4 Å². The second-order valence-electron chi connectivity index (χ2n) is 7.13. The number of aryl methyl sites for hydroxylation is 1. The quantitative estimate of drug-likeness (QED) is 0.234. The van der Waals surface area contributed by atoms with E-state index in [4.69, 9.17) is 14.3 Å². The van der Waals surface area contributed by atoms with Gasteiger partial charge in [0.05, 0.1) is 4.88 Å². The van der Waals surface area contributed by atoms with Crippen LogP contribution in [0.5, 0.6) is 16.7 Å². The highest BCUT2D eigenvalue weighted by atomic mass is 32.1. The Balaban J connectivity index is 1.68. The summed E-state index contributed by atoms with van der Waals surface area (Å²) in [5.41, 5.74) is -1.26. The largest absolute Gasteiger partial charge is 0.507 e. The van der Waals surface area contributed by atoms with Gasteiger partial charge in [0.2, 0.25) is 0 Å². The smallest absolute Gasteiger partial charge is 0.351 e. The number of aromatic nitrogens is 1. The third-order valence-corrected chi connectivity index (χ3v) is 5.32. The molecule has 2 heterocycles. The van der Waals surface area contributed by atoms with Crippen LogP contribution in [0.15, 0.2) is 63.5 Å². The number of rotatable bonds is 10. The minimum absolute atomic E-state index is 0.172. The number of allylic oxidation sites excluding steroid dienone is 2. The van der Waals surface area contributed by atoms with Crippen molar-refractivity contribution in [3.05, 3.63) is 86.7 Å². The van der Waals surface area contributed by atoms with Gasteiger partial charge in [-0.15, -0.1) is 0 Å². The molecule has 2 N–H and O–H groups in total. The average Bonchev–Trinajstić information content (AvgIpc) is 3.21. The molecule has 34 heavy (non-hydrogen) atoms. The van der Waals surface area contributed by atoms with Crippen molar-refractivity contribution in [3.63, 3.8) is 0 Å². The van der Waals surface area contributed by atoms with Gasteiger partial charge in [0.25, 0.3) is 5.19 Å². The van der Waals surface area contributed by atoms with E-state index < -0.39 is 34.5 Å². The van der Waals surface area contributed by atoms with Crippen LogP contribution in [-0.2, 0) is 11.2 Å². The topological polar surface area (TPSA) is 127 Å². The monoisotopic (exact) mass is 485 g/mol. The number of unbranched alkanes of at least 4 members (excludes halogenated alkanes) is 1. The Morgan fingerprint density at radius 1 is 1.26 bits per heavy atom. The number of aromatic hydroxyl groups is 1. The predicted molar refractivity (Wildman–Crippen MR) is 123 cm³/mol. The molecule has 3 rings (SSSR count). The average molecular weight is 485 g/mol. The van der Waals surface area contributed by atoms with E-state index in [0.29, 0.717) is 23.5 Å². The van der Waals surface area contributed by atoms with Crippen molar-refractivity contribution in [3.8, 4) is 16.7 Å². The highest BCUT2D eigenvalue weighted by Gasteiger charge is 2.20. The predicted octanol–water partition coefficient (Wildman–Crippen LogP) is 4.98. The second kappa shape index (κ2) is 11.2. The number of ether oxygens (including phenoxy) is 1. The van der Waals surface area contributed by atoms with Crippen LogP contribution in [0, 0.1) is 5.82 Å². The van der Waals surface area contributed by atoms with Crippen LogP contribution in [0.3, 0.4) is 0 Å². The summed E-state index contributed by atoms with van der Waals surface area (Å²) >= 11 is 1.14. The lowest BCUT2D eigenvalue weighted by molar-refractivity contribution is -0.131. The molecule has 0 atom stereocenters. The molecule has 0 amide bonds. The molecule has 0 aliphatic rings. The van der Waals surface area contributed by atoms with Crippen molar-refractivity contribution in [1.29, 1.82) is 0 Å². The summed E-state index contributed by atoms with van der Waals surface area (Å²) in [5, 5.41) is 19.1. The second-order valence-corrected chi connectivity index (χ2v) is 8.16. The van der Waals surface area contributed by atoms with Crippen LogP contribution >= 0.6 is 11.3 Å². The van der Waals surface area contributed by atoms with Crippen LogP contribution in [0.1, 0.15) is 40.8 Å². The van der Waals surface area contributed by atoms with E-state index in [1.54, 1.807) is 0 Å². The molecule has 8 nitrogen and oxygen atoms in total. The molecular formula is C24H20FNO7S. The Bertz CT molecular complexity index is 1310. The first-order valence-corrected chi connectivity index (χ1v) is 10.9. The van der Waals surface area contributed by atoms with Crippen molar-refractivity contribution < 1.29 is 33.3 Å². The molecule has 0 aliphatic heterocycles. The van der Waals surface area contributed by atoms with Crippen LogP contribution in [0.2, 0.25) is 0 Å². The van der Waals surface area contributed by atoms with Crippen molar-refractivity contribution >= 4 is 29.2 Å². The normalized spacial score (nSPS) is 11.6. The summed E-state index contributed by atoms with van der Waals surface area (Å²) in [5.74, 6) is -2.04. The summed E-state index contributed by atoms with van der Waals surface area (Å²) < 4.78 is 23.7. The summed E-state index contributed by atoms with van der Waals surface area (Å²) in [4.78, 5) is 40.2. The van der Waals surface area contributed by atoms with E-state index in [1.807, 2.05) is 0 Å². The fraction of sp³-hybridized carbons (Fsp3) is 0.167. The maximum absolute atomic E-state index is 13.0. The number of carboxylic acids is 1. The molecule has 0 saturated heterocycles. The van der Waals surface area contributed by atoms with Crippen LogP contribution in [-0.4, -0.2) is 26.9 Å². The molecule has 1 aromatic carbocycles. The van der Waals surface area contributed by atoms with Gasteiger partial charge in [0, 0.05) is 24.8 Å². The van der Waals surface area contributed by atoms with Crippen molar-refractivity contribution in [2.75, 3.05) is 0 Å². The van der Waals surface area contributed by atoms with Crippen molar-refractivity contribution in [2.45, 2.75) is 26.2 Å². The molecule has 0 radical (unpaired) electrons. The number of carbonyl (C=O) groups excluding carboxylic acids is 1. The molecule has 3 aromatic rings. The van der Waals surface area contributed by atoms with Gasteiger partial charge < -0.3 is 19.4 Å². The Kier molecular flexibility index (Phi) is 8.10. The minimum Gasteiger partial charge on any atom is -0.507 e. The molecule has 0 fully saturated rings. The van der Waals surface area contributed by atoms with Crippen LogP contribution < -0.4 is 10.4 Å². The molecule has 0 bridgehead atoms.